The van der Waals surface area contributed by atoms with Gasteiger partial charge in [0.15, 0.2) is 5.69 Å². The van der Waals surface area contributed by atoms with Gasteiger partial charge >= 0.3 is 12.1 Å². The number of rotatable bonds is 24. The van der Waals surface area contributed by atoms with E-state index in [1.54, 1.807) is 11.5 Å². The van der Waals surface area contributed by atoms with Crippen LogP contribution in [0, 0.1) is 12.3 Å². The van der Waals surface area contributed by atoms with E-state index in [0.717, 1.165) is 31.4 Å². The van der Waals surface area contributed by atoms with Crippen molar-refractivity contribution in [3.05, 3.63) is 18.4 Å². The maximum absolute atomic E-state index is 13.0. The number of aromatic nitrogens is 2. The quantitative estimate of drug-likeness (QED) is 0.0441. The van der Waals surface area contributed by atoms with E-state index in [0.29, 0.717) is 64.4 Å². The monoisotopic (exact) mass is 855 g/mol. The van der Waals surface area contributed by atoms with Gasteiger partial charge in [-0.25, -0.2) is 14.6 Å². The number of fused-ring (bicyclic) bond motifs is 1. The molecule has 0 aliphatic carbocycles. The summed E-state index contributed by atoms with van der Waals surface area (Å²) in [6.45, 7) is 8.59. The molecule has 1 aromatic heterocycles. The SMILES string of the molecule is CC[C@@H]1[CH-]C(C)[C@H](n2cnc(C(=O)N[C@@H](C)CC(=O)NCCOCCOCCOCCNC(=O)CCCC[C@@H]3SC[C@H]4NC(=O)N[C@@H]34)c2NC(N)=O)O1.[Y]. The first-order valence-corrected chi connectivity index (χ1v) is 19.5. The second-order valence-corrected chi connectivity index (χ2v) is 14.6. The zero-order valence-electron chi connectivity index (χ0n) is 31.4. The Kier molecular flexibility index (Phi) is 20.5. The van der Waals surface area contributed by atoms with E-state index in [9.17, 15) is 24.0 Å². The Balaban J connectivity index is 0.00000784. The van der Waals surface area contributed by atoms with Crippen LogP contribution in [0.4, 0.5) is 15.4 Å². The molecule has 301 valence electrons. The Morgan fingerprint density at radius 2 is 1.72 bits per heavy atom. The van der Waals surface area contributed by atoms with Crippen LogP contribution in [0.25, 0.3) is 0 Å². The average molecular weight is 856 g/mol. The van der Waals surface area contributed by atoms with E-state index in [1.807, 2.05) is 25.6 Å². The number of nitrogens with two attached hydrogens (primary N) is 1. The van der Waals surface area contributed by atoms with Crippen LogP contribution in [0.2, 0.25) is 0 Å². The summed E-state index contributed by atoms with van der Waals surface area (Å²) < 4.78 is 24.1. The van der Waals surface area contributed by atoms with Crippen LogP contribution in [0.5, 0.6) is 0 Å². The van der Waals surface area contributed by atoms with Crippen LogP contribution < -0.4 is 37.6 Å². The van der Waals surface area contributed by atoms with Gasteiger partial charge < -0.3 is 51.3 Å². The fourth-order valence-corrected chi connectivity index (χ4v) is 7.96. The summed E-state index contributed by atoms with van der Waals surface area (Å²) in [6.07, 6.45) is 7.01. The van der Waals surface area contributed by atoms with Crippen molar-refractivity contribution >= 4 is 47.4 Å². The number of ether oxygens (including phenoxy) is 4. The molecule has 4 rings (SSSR count). The van der Waals surface area contributed by atoms with Crippen molar-refractivity contribution in [1.29, 1.82) is 0 Å². The number of thioether (sulfide) groups is 1. The van der Waals surface area contributed by atoms with E-state index < -0.39 is 24.2 Å². The predicted octanol–water partition coefficient (Wildman–Crippen LogP) is 1.04. The summed E-state index contributed by atoms with van der Waals surface area (Å²) in [4.78, 5) is 64.9. The zero-order chi connectivity index (χ0) is 38.2. The Hall–Kier alpha value is -2.55. The largest absolute Gasteiger partial charge is 0.389 e. The number of amides is 7. The van der Waals surface area contributed by atoms with Crippen LogP contribution in [0.15, 0.2) is 6.33 Å². The van der Waals surface area contributed by atoms with Crippen molar-refractivity contribution in [1.82, 2.24) is 36.1 Å². The fraction of sp³-hybridized carbons (Fsp3) is 0.735. The third-order valence-corrected chi connectivity index (χ3v) is 10.5. The molecule has 0 spiro atoms. The van der Waals surface area contributed by atoms with Crippen LogP contribution in [0.3, 0.4) is 0 Å². The first-order valence-electron chi connectivity index (χ1n) is 18.5. The summed E-state index contributed by atoms with van der Waals surface area (Å²) in [7, 11) is 0. The van der Waals surface area contributed by atoms with Gasteiger partial charge in [0.1, 0.15) is 12.0 Å². The number of carbonyl (C=O) groups excluding carboxylic acids is 5. The summed E-state index contributed by atoms with van der Waals surface area (Å²) in [5, 5.41) is 17.2. The Morgan fingerprint density at radius 3 is 2.37 bits per heavy atom. The van der Waals surface area contributed by atoms with Gasteiger partial charge in [0.05, 0.1) is 58.1 Å². The van der Waals surface area contributed by atoms with E-state index in [1.165, 1.54) is 6.33 Å². The molecule has 4 heterocycles. The number of unbranched alkanes of at least 4 members (excludes halogenated alkanes) is 1. The van der Waals surface area contributed by atoms with E-state index in [2.05, 4.69) is 43.3 Å². The normalized spacial score (nSPS) is 23.4. The first kappa shape index (κ1) is 45.8. The summed E-state index contributed by atoms with van der Waals surface area (Å²) in [6, 6.07) is -1.02. The summed E-state index contributed by atoms with van der Waals surface area (Å²) in [5.74, 6) is 0.253. The van der Waals surface area contributed by atoms with Crippen molar-refractivity contribution < 1.29 is 75.6 Å². The number of imidazole rings is 1. The molecule has 0 saturated carbocycles. The number of urea groups is 2. The molecule has 18 nitrogen and oxygen atoms in total. The van der Waals surface area contributed by atoms with Gasteiger partial charge in [0.2, 0.25) is 11.8 Å². The Labute approximate surface area is 346 Å². The molecule has 7 amide bonds. The molecule has 1 aromatic rings. The second-order valence-electron chi connectivity index (χ2n) is 13.3. The van der Waals surface area contributed by atoms with Crippen molar-refractivity contribution in [2.24, 2.45) is 11.7 Å². The smallest absolute Gasteiger partial charge is 0.317 e. The summed E-state index contributed by atoms with van der Waals surface area (Å²) >= 11 is 1.88. The van der Waals surface area contributed by atoms with Crippen molar-refractivity contribution in [3.63, 3.8) is 0 Å². The third kappa shape index (κ3) is 14.8. The van der Waals surface area contributed by atoms with Crippen LogP contribution in [0.1, 0.15) is 76.0 Å². The van der Waals surface area contributed by atoms with Crippen molar-refractivity contribution in [3.8, 4) is 0 Å². The van der Waals surface area contributed by atoms with Gasteiger partial charge in [-0.2, -0.15) is 11.8 Å². The predicted molar refractivity (Wildman–Crippen MR) is 197 cm³/mol. The van der Waals surface area contributed by atoms with Gasteiger partial charge in [0, 0.05) is 75.7 Å². The molecular formula is C34H56N9O9SY-. The number of hydrogen-bond acceptors (Lipinski definition) is 11. The van der Waals surface area contributed by atoms with E-state index in [-0.39, 0.29) is 92.6 Å². The van der Waals surface area contributed by atoms with Gasteiger partial charge in [-0.1, -0.05) is 32.8 Å². The van der Waals surface area contributed by atoms with Crippen LogP contribution in [-0.2, 0) is 61.2 Å². The summed E-state index contributed by atoms with van der Waals surface area (Å²) in [5.41, 5.74) is 5.34. The van der Waals surface area contributed by atoms with Gasteiger partial charge in [-0.15, -0.1) is 5.92 Å². The number of primary amides is 1. The zero-order valence-corrected chi connectivity index (χ0v) is 35.1. The minimum absolute atomic E-state index is 0. The molecule has 0 bridgehead atoms. The number of nitrogens with zero attached hydrogens (tertiary/aromatic N) is 2. The molecule has 3 aliphatic rings. The molecule has 0 aromatic carbocycles. The standard InChI is InChI=1S/C34H56N9O9S.Y/c1-4-23-17-21(2)32(52-23)43-20-38-29(30(43)42-33(35)47)31(46)39-22(3)18-27(45)37-10-12-50-14-16-51-15-13-49-11-9-36-26(44)8-6-5-7-25-28-24(19-53-25)40-34(48)41-28;/h17,20-25,28,32H,4-16,18-19H2,1-3H3,(H,36,44)(H,37,45)(H,39,46)(H3,35,42,47)(H2,40,41,48);/q-1;/t21?,22-,23+,24+,25-,28+,32+;/m0./s1. The van der Waals surface area contributed by atoms with E-state index in [4.69, 9.17) is 24.7 Å². The Morgan fingerprint density at radius 1 is 1.06 bits per heavy atom. The maximum Gasteiger partial charge on any atom is 0.317 e. The van der Waals surface area contributed by atoms with Gasteiger partial charge in [0.25, 0.3) is 5.91 Å². The molecule has 54 heavy (non-hydrogen) atoms. The minimum Gasteiger partial charge on any atom is -0.389 e. The molecule has 3 fully saturated rings. The molecule has 3 saturated heterocycles. The van der Waals surface area contributed by atoms with Crippen LogP contribution in [-0.4, -0.2) is 127 Å². The third-order valence-electron chi connectivity index (χ3n) is 9.04. The topological polar surface area (TPSA) is 238 Å². The molecule has 7 atom stereocenters. The molecule has 20 heteroatoms. The number of hydrogen-bond donors (Lipinski definition) is 7. The van der Waals surface area contributed by atoms with Gasteiger partial charge in [-0.3, -0.25) is 30.7 Å². The molecule has 1 radical (unpaired) electrons. The molecule has 3 aliphatic heterocycles. The average Bonchev–Trinajstić information content (AvgIpc) is 3.88. The number of nitrogens with one attached hydrogen (secondary N) is 6. The number of carbonyl (C=O) groups is 5. The van der Waals surface area contributed by atoms with Crippen LogP contribution >= 0.6 is 11.8 Å². The second kappa shape index (κ2) is 24.2. The van der Waals surface area contributed by atoms with Crippen molar-refractivity contribution in [2.75, 3.05) is 63.8 Å². The molecular weight excluding hydrogens is 799 g/mol. The fourth-order valence-electron chi connectivity index (χ4n) is 6.42. The Bertz CT molecular complexity index is 1380. The maximum atomic E-state index is 13.0. The van der Waals surface area contributed by atoms with E-state index >= 15 is 0 Å². The molecule has 1 unspecified atom stereocenters. The minimum atomic E-state index is -0.844. The van der Waals surface area contributed by atoms with Crippen molar-refractivity contribution in [2.45, 2.75) is 95.0 Å². The molecule has 8 N–H and O–H groups in total. The number of anilines is 1. The first-order chi connectivity index (χ1) is 25.5. The van der Waals surface area contributed by atoms with Gasteiger partial charge in [-0.05, 0) is 19.8 Å².